The highest BCUT2D eigenvalue weighted by Gasteiger charge is 2.35. The smallest absolute Gasteiger partial charge is 0.0774 e. The zero-order valence-corrected chi connectivity index (χ0v) is 15.8. The summed E-state index contributed by atoms with van der Waals surface area (Å²) in [6.07, 6.45) is 20.9. The van der Waals surface area contributed by atoms with E-state index in [9.17, 15) is 10.2 Å². The molecule has 2 fully saturated rings. The summed E-state index contributed by atoms with van der Waals surface area (Å²) in [7, 11) is 0. The molecule has 24 heavy (non-hydrogen) atoms. The molecule has 0 heterocycles. The largest absolute Gasteiger partial charge is 0.393 e. The molecule has 0 bridgehead atoms. The highest BCUT2D eigenvalue weighted by molar-refractivity contribution is 5.05. The molecule has 2 heteroatoms. The van der Waals surface area contributed by atoms with Crippen LogP contribution in [0.1, 0.15) is 84.5 Å². The third-order valence-corrected chi connectivity index (χ3v) is 6.39. The van der Waals surface area contributed by atoms with E-state index in [2.05, 4.69) is 32.1 Å². The molecule has 0 radical (unpaired) electrons. The summed E-state index contributed by atoms with van der Waals surface area (Å²) in [5.74, 6) is 0.739. The Hall–Kier alpha value is -0.600. The second kappa shape index (κ2) is 9.77. The molecule has 2 nitrogen and oxygen atoms in total. The van der Waals surface area contributed by atoms with E-state index < -0.39 is 0 Å². The SMILES string of the molecule is CCCCC=CC[C@H]1[C@@H](O)CC[C@@H]1C=CC(O)C1(C)CCCCC1. The van der Waals surface area contributed by atoms with Crippen molar-refractivity contribution < 1.29 is 10.2 Å². The Labute approximate surface area is 149 Å². The highest BCUT2D eigenvalue weighted by atomic mass is 16.3. The Morgan fingerprint density at radius 1 is 1.12 bits per heavy atom. The van der Waals surface area contributed by atoms with Crippen LogP contribution in [-0.4, -0.2) is 22.4 Å². The van der Waals surface area contributed by atoms with Gasteiger partial charge in [0.2, 0.25) is 0 Å². The van der Waals surface area contributed by atoms with E-state index in [0.717, 1.165) is 38.5 Å². The molecule has 1 unspecified atom stereocenters. The molecule has 138 valence electrons. The van der Waals surface area contributed by atoms with Gasteiger partial charge in [-0.2, -0.15) is 0 Å². The normalized spacial score (nSPS) is 31.9. The Morgan fingerprint density at radius 3 is 2.58 bits per heavy atom. The predicted octanol–water partition coefficient (Wildman–Crippen LogP) is 5.40. The van der Waals surface area contributed by atoms with E-state index in [1.165, 1.54) is 32.1 Å². The van der Waals surface area contributed by atoms with Crippen molar-refractivity contribution in [2.75, 3.05) is 0 Å². The number of unbranched alkanes of at least 4 members (excludes halogenated alkanes) is 2. The number of aliphatic hydroxyl groups is 2. The van der Waals surface area contributed by atoms with Gasteiger partial charge in [0.15, 0.2) is 0 Å². The molecular weight excluding hydrogens is 296 g/mol. The van der Waals surface area contributed by atoms with Crippen LogP contribution < -0.4 is 0 Å². The average molecular weight is 335 g/mol. The molecule has 2 aliphatic rings. The van der Waals surface area contributed by atoms with Crippen LogP contribution in [0.3, 0.4) is 0 Å². The molecular formula is C22H38O2. The van der Waals surface area contributed by atoms with Crippen LogP contribution in [0.2, 0.25) is 0 Å². The Kier molecular flexibility index (Phi) is 8.03. The van der Waals surface area contributed by atoms with Gasteiger partial charge in [-0.05, 0) is 55.8 Å². The van der Waals surface area contributed by atoms with Crippen LogP contribution in [0.25, 0.3) is 0 Å². The van der Waals surface area contributed by atoms with Crippen molar-refractivity contribution in [2.24, 2.45) is 17.3 Å². The van der Waals surface area contributed by atoms with Crippen molar-refractivity contribution in [3.05, 3.63) is 24.3 Å². The molecule has 0 aliphatic heterocycles. The maximum absolute atomic E-state index is 10.7. The van der Waals surface area contributed by atoms with Gasteiger partial charge in [0.25, 0.3) is 0 Å². The second-order valence-corrected chi connectivity index (χ2v) is 8.37. The molecule has 2 N–H and O–H groups in total. The van der Waals surface area contributed by atoms with Gasteiger partial charge >= 0.3 is 0 Å². The standard InChI is InChI=1S/C22H38O2/c1-3-4-5-6-8-11-19-18(12-14-20(19)23)13-15-21(24)22(2)16-9-7-10-17-22/h6,8,13,15,18-21,23-24H,3-5,7,9-12,14,16-17H2,1-2H3/t18-,19-,20+,21?/m1/s1. The first-order valence-corrected chi connectivity index (χ1v) is 10.3. The maximum Gasteiger partial charge on any atom is 0.0774 e. The van der Waals surface area contributed by atoms with E-state index in [4.69, 9.17) is 0 Å². The van der Waals surface area contributed by atoms with E-state index in [1.807, 2.05) is 6.08 Å². The maximum atomic E-state index is 10.7. The first-order valence-electron chi connectivity index (χ1n) is 10.3. The molecule has 0 saturated heterocycles. The van der Waals surface area contributed by atoms with E-state index in [0.29, 0.717) is 11.8 Å². The van der Waals surface area contributed by atoms with Gasteiger partial charge in [-0.25, -0.2) is 0 Å². The Bertz CT molecular complexity index is 406. The zero-order valence-electron chi connectivity index (χ0n) is 15.8. The first kappa shape index (κ1) is 19.7. The van der Waals surface area contributed by atoms with Gasteiger partial charge in [-0.15, -0.1) is 0 Å². The fourth-order valence-electron chi connectivity index (χ4n) is 4.48. The van der Waals surface area contributed by atoms with Gasteiger partial charge in [-0.3, -0.25) is 0 Å². The van der Waals surface area contributed by atoms with Gasteiger partial charge in [0.1, 0.15) is 0 Å². The minimum atomic E-state index is -0.337. The number of aliphatic hydroxyl groups excluding tert-OH is 2. The lowest BCUT2D eigenvalue weighted by Crippen LogP contribution is -2.33. The summed E-state index contributed by atoms with van der Waals surface area (Å²) < 4.78 is 0. The Balaban J connectivity index is 1.87. The summed E-state index contributed by atoms with van der Waals surface area (Å²) in [5.41, 5.74) is 0.0571. The summed E-state index contributed by atoms with van der Waals surface area (Å²) in [6, 6.07) is 0. The van der Waals surface area contributed by atoms with Crippen LogP contribution in [0.4, 0.5) is 0 Å². The van der Waals surface area contributed by atoms with Crippen LogP contribution in [0.5, 0.6) is 0 Å². The van der Waals surface area contributed by atoms with E-state index in [-0.39, 0.29) is 17.6 Å². The lowest BCUT2D eigenvalue weighted by molar-refractivity contribution is 0.0432. The fourth-order valence-corrected chi connectivity index (χ4v) is 4.48. The van der Waals surface area contributed by atoms with Crippen LogP contribution in [-0.2, 0) is 0 Å². The summed E-state index contributed by atoms with van der Waals surface area (Å²) >= 11 is 0. The lowest BCUT2D eigenvalue weighted by atomic mass is 9.71. The first-order chi connectivity index (χ1) is 11.6. The van der Waals surface area contributed by atoms with Gasteiger partial charge in [-0.1, -0.05) is 70.3 Å². The predicted molar refractivity (Wildman–Crippen MR) is 102 cm³/mol. The van der Waals surface area contributed by atoms with Crippen LogP contribution >= 0.6 is 0 Å². The number of rotatable bonds is 8. The Morgan fingerprint density at radius 2 is 1.88 bits per heavy atom. The molecule has 0 aromatic carbocycles. The van der Waals surface area contributed by atoms with Crippen molar-refractivity contribution in [3.8, 4) is 0 Å². The molecule has 2 aliphatic carbocycles. The van der Waals surface area contributed by atoms with Crippen LogP contribution in [0.15, 0.2) is 24.3 Å². The van der Waals surface area contributed by atoms with Crippen molar-refractivity contribution in [2.45, 2.75) is 96.7 Å². The summed E-state index contributed by atoms with van der Waals surface area (Å²) in [5, 5.41) is 21.0. The van der Waals surface area contributed by atoms with Gasteiger partial charge in [0, 0.05) is 0 Å². The van der Waals surface area contributed by atoms with E-state index >= 15 is 0 Å². The number of hydrogen-bond acceptors (Lipinski definition) is 2. The summed E-state index contributed by atoms with van der Waals surface area (Å²) in [6.45, 7) is 4.45. The molecule has 0 spiro atoms. The zero-order chi connectivity index (χ0) is 17.4. The second-order valence-electron chi connectivity index (χ2n) is 8.37. The lowest BCUT2D eigenvalue weighted by Gasteiger charge is -2.36. The molecule has 0 aromatic heterocycles. The molecule has 2 saturated carbocycles. The van der Waals surface area contributed by atoms with E-state index in [1.54, 1.807) is 0 Å². The molecule has 2 rings (SSSR count). The minimum absolute atomic E-state index is 0.0571. The molecule has 0 aromatic rings. The molecule has 4 atom stereocenters. The van der Waals surface area contributed by atoms with Gasteiger partial charge in [0.05, 0.1) is 12.2 Å². The third-order valence-electron chi connectivity index (χ3n) is 6.39. The average Bonchev–Trinajstić information content (AvgIpc) is 2.93. The highest BCUT2D eigenvalue weighted by Crippen LogP contribution is 2.40. The quantitative estimate of drug-likeness (QED) is 0.461. The topological polar surface area (TPSA) is 40.5 Å². The van der Waals surface area contributed by atoms with Crippen molar-refractivity contribution in [3.63, 3.8) is 0 Å². The van der Waals surface area contributed by atoms with Crippen molar-refractivity contribution in [1.29, 1.82) is 0 Å². The number of hydrogen-bond donors (Lipinski definition) is 2. The fraction of sp³-hybridized carbons (Fsp3) is 0.818. The summed E-state index contributed by atoms with van der Waals surface area (Å²) in [4.78, 5) is 0. The van der Waals surface area contributed by atoms with Gasteiger partial charge < -0.3 is 10.2 Å². The van der Waals surface area contributed by atoms with Crippen molar-refractivity contribution >= 4 is 0 Å². The monoisotopic (exact) mass is 334 g/mol. The molecule has 0 amide bonds. The minimum Gasteiger partial charge on any atom is -0.393 e. The number of allylic oxidation sites excluding steroid dienone is 3. The van der Waals surface area contributed by atoms with Crippen molar-refractivity contribution in [1.82, 2.24) is 0 Å². The third kappa shape index (κ3) is 5.46. The van der Waals surface area contributed by atoms with Crippen LogP contribution in [0, 0.1) is 17.3 Å².